The fourth-order valence-electron chi connectivity index (χ4n) is 4.09. The summed E-state index contributed by atoms with van der Waals surface area (Å²) < 4.78 is 40.4. The molecule has 4 aromatic rings. The molecule has 38 heavy (non-hydrogen) atoms. The number of hydrogen-bond acceptors (Lipinski definition) is 4. The third-order valence-electron chi connectivity index (χ3n) is 6.23. The fraction of sp³-hybridized carbons (Fsp3) is 0.192. The molecule has 0 atom stereocenters. The number of amides is 2. The van der Waals surface area contributed by atoms with Crippen LogP contribution in [0.1, 0.15) is 38.3 Å². The second-order valence-electron chi connectivity index (χ2n) is 8.68. The van der Waals surface area contributed by atoms with Gasteiger partial charge >= 0.3 is 6.18 Å². The SMILES string of the molecule is Cc1c(Cl)cccc1NC(=O)c1cc(NC(=O)c2ccccc2C(F)(F)F)cc2[nH]c(N3CCC3)nc12.Cl. The number of alkyl halides is 3. The van der Waals surface area contributed by atoms with Gasteiger partial charge in [-0.25, -0.2) is 4.98 Å². The highest BCUT2D eigenvalue weighted by atomic mass is 35.5. The molecule has 198 valence electrons. The summed E-state index contributed by atoms with van der Waals surface area (Å²) in [6.45, 7) is 3.38. The van der Waals surface area contributed by atoms with Gasteiger partial charge in [0.2, 0.25) is 5.95 Å². The van der Waals surface area contributed by atoms with Gasteiger partial charge < -0.3 is 20.5 Å². The van der Waals surface area contributed by atoms with E-state index in [2.05, 4.69) is 20.6 Å². The van der Waals surface area contributed by atoms with Crippen LogP contribution in [0.2, 0.25) is 5.02 Å². The molecule has 1 aliphatic rings. The Labute approximate surface area is 226 Å². The van der Waals surface area contributed by atoms with Gasteiger partial charge in [0, 0.05) is 29.5 Å². The van der Waals surface area contributed by atoms with Gasteiger partial charge in [0.1, 0.15) is 5.52 Å². The lowest BCUT2D eigenvalue weighted by Gasteiger charge is -2.30. The molecule has 0 aliphatic carbocycles. The molecule has 0 radical (unpaired) electrons. The van der Waals surface area contributed by atoms with E-state index in [0.717, 1.165) is 31.6 Å². The molecule has 0 bridgehead atoms. The topological polar surface area (TPSA) is 90.1 Å². The molecule has 1 aliphatic heterocycles. The van der Waals surface area contributed by atoms with Gasteiger partial charge in [-0.05, 0) is 55.3 Å². The summed E-state index contributed by atoms with van der Waals surface area (Å²) in [6, 6.07) is 12.6. The normalized spacial score (nSPS) is 13.0. The summed E-state index contributed by atoms with van der Waals surface area (Å²) in [4.78, 5) is 36.0. The summed E-state index contributed by atoms with van der Waals surface area (Å²) in [5.74, 6) is -0.893. The number of nitrogens with zero attached hydrogens (tertiary/aromatic N) is 2. The minimum absolute atomic E-state index is 0. The Morgan fingerprint density at radius 2 is 1.71 bits per heavy atom. The van der Waals surface area contributed by atoms with Gasteiger partial charge in [0.25, 0.3) is 11.8 Å². The Kier molecular flexibility index (Phi) is 7.57. The van der Waals surface area contributed by atoms with Crippen molar-refractivity contribution < 1.29 is 22.8 Å². The standard InChI is InChI=1S/C26H21ClF3N5O2.ClH/c1-14-19(27)8-4-9-20(14)32-24(37)17-12-15(13-21-22(17)34-25(33-21)35-10-5-11-35)31-23(36)16-6-2-3-7-18(16)26(28,29)30;/h2-4,6-9,12-13H,5,10-11H2,1H3,(H,31,36)(H,32,37)(H,33,34);1H. The molecule has 12 heteroatoms. The number of rotatable bonds is 5. The maximum absolute atomic E-state index is 13.5. The lowest BCUT2D eigenvalue weighted by atomic mass is 10.1. The van der Waals surface area contributed by atoms with Crippen LogP contribution < -0.4 is 15.5 Å². The third kappa shape index (κ3) is 5.27. The molecular formula is C26H22Cl2F3N5O2. The molecule has 1 fully saturated rings. The number of nitrogens with one attached hydrogen (secondary N) is 3. The minimum Gasteiger partial charge on any atom is -0.342 e. The van der Waals surface area contributed by atoms with Crippen LogP contribution in [0.4, 0.5) is 30.5 Å². The average Bonchev–Trinajstić information content (AvgIpc) is 3.22. The van der Waals surface area contributed by atoms with E-state index in [9.17, 15) is 22.8 Å². The largest absolute Gasteiger partial charge is 0.417 e. The fourth-order valence-corrected chi connectivity index (χ4v) is 4.26. The van der Waals surface area contributed by atoms with Crippen molar-refractivity contribution in [3.63, 3.8) is 0 Å². The zero-order chi connectivity index (χ0) is 26.3. The Bertz CT molecular complexity index is 1530. The predicted molar refractivity (Wildman–Crippen MR) is 144 cm³/mol. The summed E-state index contributed by atoms with van der Waals surface area (Å²) in [5, 5.41) is 5.80. The summed E-state index contributed by atoms with van der Waals surface area (Å²) in [7, 11) is 0. The molecule has 7 nitrogen and oxygen atoms in total. The highest BCUT2D eigenvalue weighted by molar-refractivity contribution is 6.31. The maximum atomic E-state index is 13.5. The van der Waals surface area contributed by atoms with Crippen molar-refractivity contribution in [1.82, 2.24) is 9.97 Å². The average molecular weight is 564 g/mol. The van der Waals surface area contributed by atoms with E-state index in [-0.39, 0.29) is 23.7 Å². The zero-order valence-electron chi connectivity index (χ0n) is 19.9. The number of carbonyl (C=O) groups is 2. The van der Waals surface area contributed by atoms with Crippen LogP contribution in [0.15, 0.2) is 54.6 Å². The lowest BCUT2D eigenvalue weighted by Crippen LogP contribution is -2.37. The molecule has 0 spiro atoms. The van der Waals surface area contributed by atoms with E-state index < -0.39 is 29.1 Å². The Morgan fingerprint density at radius 1 is 1.00 bits per heavy atom. The number of benzene rings is 3. The van der Waals surface area contributed by atoms with Crippen molar-refractivity contribution in [3.8, 4) is 0 Å². The molecule has 2 amide bonds. The van der Waals surface area contributed by atoms with Crippen molar-refractivity contribution in [2.75, 3.05) is 28.6 Å². The van der Waals surface area contributed by atoms with Crippen molar-refractivity contribution in [2.24, 2.45) is 0 Å². The van der Waals surface area contributed by atoms with E-state index in [4.69, 9.17) is 11.6 Å². The van der Waals surface area contributed by atoms with Gasteiger partial charge in [-0.1, -0.05) is 29.8 Å². The Morgan fingerprint density at radius 3 is 2.39 bits per heavy atom. The second-order valence-corrected chi connectivity index (χ2v) is 9.09. The van der Waals surface area contributed by atoms with Gasteiger partial charge in [0.05, 0.1) is 22.2 Å². The number of fused-ring (bicyclic) bond motifs is 1. The smallest absolute Gasteiger partial charge is 0.342 e. The van der Waals surface area contributed by atoms with Crippen LogP contribution in [0.5, 0.6) is 0 Å². The van der Waals surface area contributed by atoms with E-state index in [1.54, 1.807) is 31.2 Å². The first-order valence-corrected chi connectivity index (χ1v) is 11.8. The molecular weight excluding hydrogens is 542 g/mol. The number of aromatic amines is 1. The first kappa shape index (κ1) is 27.3. The molecule has 3 N–H and O–H groups in total. The van der Waals surface area contributed by atoms with Gasteiger partial charge in [-0.15, -0.1) is 12.4 Å². The third-order valence-corrected chi connectivity index (χ3v) is 6.63. The van der Waals surface area contributed by atoms with Crippen molar-refractivity contribution >= 4 is 64.2 Å². The Hall–Kier alpha value is -3.76. The van der Waals surface area contributed by atoms with Crippen LogP contribution in [0.25, 0.3) is 11.0 Å². The highest BCUT2D eigenvalue weighted by Gasteiger charge is 2.35. The van der Waals surface area contributed by atoms with Crippen LogP contribution in [-0.2, 0) is 6.18 Å². The van der Waals surface area contributed by atoms with E-state index in [1.165, 1.54) is 18.2 Å². The van der Waals surface area contributed by atoms with Gasteiger partial charge in [-0.2, -0.15) is 13.2 Å². The molecule has 1 saturated heterocycles. The van der Waals surface area contributed by atoms with Crippen molar-refractivity contribution in [1.29, 1.82) is 0 Å². The lowest BCUT2D eigenvalue weighted by molar-refractivity contribution is -0.137. The number of carbonyl (C=O) groups excluding carboxylic acids is 2. The van der Waals surface area contributed by atoms with Crippen LogP contribution in [0, 0.1) is 6.92 Å². The second kappa shape index (κ2) is 10.5. The van der Waals surface area contributed by atoms with Crippen molar-refractivity contribution in [3.05, 3.63) is 81.9 Å². The van der Waals surface area contributed by atoms with E-state index >= 15 is 0 Å². The molecule has 3 aromatic carbocycles. The quantitative estimate of drug-likeness (QED) is 0.252. The molecule has 1 aromatic heterocycles. The number of halogens is 5. The first-order valence-electron chi connectivity index (χ1n) is 11.4. The van der Waals surface area contributed by atoms with E-state index in [1.807, 2.05) is 4.90 Å². The number of hydrogen-bond donors (Lipinski definition) is 3. The van der Waals surface area contributed by atoms with Crippen LogP contribution in [0.3, 0.4) is 0 Å². The zero-order valence-corrected chi connectivity index (χ0v) is 21.5. The molecule has 5 rings (SSSR count). The summed E-state index contributed by atoms with van der Waals surface area (Å²) >= 11 is 6.18. The molecule has 0 saturated carbocycles. The predicted octanol–water partition coefficient (Wildman–Crippen LogP) is 6.68. The first-order chi connectivity index (χ1) is 17.6. The highest BCUT2D eigenvalue weighted by Crippen LogP contribution is 2.33. The van der Waals surface area contributed by atoms with Crippen LogP contribution >= 0.6 is 24.0 Å². The van der Waals surface area contributed by atoms with Gasteiger partial charge in [0.15, 0.2) is 0 Å². The van der Waals surface area contributed by atoms with Crippen LogP contribution in [-0.4, -0.2) is 34.9 Å². The number of anilines is 3. The summed E-state index contributed by atoms with van der Waals surface area (Å²) in [6.07, 6.45) is -3.69. The Balaban J connectivity index is 0.00000336. The number of H-pyrrole nitrogens is 1. The maximum Gasteiger partial charge on any atom is 0.417 e. The number of imidazole rings is 1. The summed E-state index contributed by atoms with van der Waals surface area (Å²) in [5.41, 5.74) is 0.694. The minimum atomic E-state index is -4.70. The van der Waals surface area contributed by atoms with Crippen molar-refractivity contribution in [2.45, 2.75) is 19.5 Å². The monoisotopic (exact) mass is 563 g/mol. The number of aromatic nitrogens is 2. The van der Waals surface area contributed by atoms with Gasteiger partial charge in [-0.3, -0.25) is 9.59 Å². The molecule has 0 unspecified atom stereocenters. The molecule has 2 heterocycles. The van der Waals surface area contributed by atoms with E-state index in [0.29, 0.717) is 33.3 Å².